The molecule has 1 amide bonds. The van der Waals surface area contributed by atoms with Crippen LogP contribution in [0.5, 0.6) is 0 Å². The normalized spacial score (nSPS) is 10.7. The average Bonchev–Trinajstić information content (AvgIpc) is 3.01. The van der Waals surface area contributed by atoms with Gasteiger partial charge >= 0.3 is 0 Å². The summed E-state index contributed by atoms with van der Waals surface area (Å²) in [6, 6.07) is 8.87. The van der Waals surface area contributed by atoms with E-state index in [1.165, 1.54) is 30.3 Å². The summed E-state index contributed by atoms with van der Waals surface area (Å²) in [4.78, 5) is 11.9. The zero-order valence-corrected chi connectivity index (χ0v) is 12.0. The van der Waals surface area contributed by atoms with Gasteiger partial charge in [0.25, 0.3) is 5.91 Å². The van der Waals surface area contributed by atoms with Crippen LogP contribution in [0.4, 0.5) is 13.2 Å². The van der Waals surface area contributed by atoms with Crippen LogP contribution in [0.2, 0.25) is 0 Å². The van der Waals surface area contributed by atoms with Gasteiger partial charge in [0, 0.05) is 5.56 Å². The smallest absolute Gasteiger partial charge is 0.288 e. The third-order valence-electron chi connectivity index (χ3n) is 3.30. The van der Waals surface area contributed by atoms with E-state index in [1.54, 1.807) is 0 Å². The largest absolute Gasteiger partial charge is 0.289 e. The molecule has 0 unspecified atom stereocenters. The van der Waals surface area contributed by atoms with Gasteiger partial charge in [-0.3, -0.25) is 10.2 Å². The first-order valence-electron chi connectivity index (χ1n) is 6.70. The SMILES string of the molecule is NNC(=O)c1nnn(-c2ccccc2F)c1-c1cccc(F)c1F. The number of benzene rings is 2. The number of carbonyl (C=O) groups excluding carboxylic acids is 1. The molecule has 0 saturated carbocycles. The van der Waals surface area contributed by atoms with Crippen LogP contribution >= 0.6 is 0 Å². The monoisotopic (exact) mass is 333 g/mol. The van der Waals surface area contributed by atoms with E-state index in [0.717, 1.165) is 16.8 Å². The van der Waals surface area contributed by atoms with Crippen molar-refractivity contribution in [1.29, 1.82) is 0 Å². The number of rotatable bonds is 3. The molecular weight excluding hydrogens is 323 g/mol. The first-order valence-corrected chi connectivity index (χ1v) is 6.70. The van der Waals surface area contributed by atoms with E-state index in [2.05, 4.69) is 10.3 Å². The molecule has 0 atom stereocenters. The Bertz CT molecular complexity index is 925. The highest BCUT2D eigenvalue weighted by molar-refractivity contribution is 5.98. The van der Waals surface area contributed by atoms with Crippen molar-refractivity contribution < 1.29 is 18.0 Å². The van der Waals surface area contributed by atoms with Crippen molar-refractivity contribution in [2.45, 2.75) is 0 Å². The Morgan fingerprint density at radius 3 is 2.46 bits per heavy atom. The number of nitrogens with two attached hydrogens (primary N) is 1. The van der Waals surface area contributed by atoms with Crippen LogP contribution < -0.4 is 11.3 Å². The second kappa shape index (κ2) is 6.13. The van der Waals surface area contributed by atoms with Crippen LogP contribution in [0.25, 0.3) is 16.9 Å². The minimum Gasteiger partial charge on any atom is -0.289 e. The molecule has 0 aliphatic rings. The van der Waals surface area contributed by atoms with Crippen LogP contribution in [0.15, 0.2) is 42.5 Å². The summed E-state index contributed by atoms with van der Waals surface area (Å²) in [6.07, 6.45) is 0. The van der Waals surface area contributed by atoms with Crippen molar-refractivity contribution in [1.82, 2.24) is 20.4 Å². The number of amides is 1. The zero-order chi connectivity index (χ0) is 17.3. The molecule has 2 aromatic carbocycles. The maximum Gasteiger partial charge on any atom is 0.288 e. The lowest BCUT2D eigenvalue weighted by atomic mass is 10.1. The predicted molar refractivity (Wildman–Crippen MR) is 78.3 cm³/mol. The quantitative estimate of drug-likeness (QED) is 0.436. The van der Waals surface area contributed by atoms with Crippen molar-refractivity contribution in [2.24, 2.45) is 5.84 Å². The molecule has 3 aromatic rings. The van der Waals surface area contributed by atoms with E-state index in [1.807, 2.05) is 5.43 Å². The van der Waals surface area contributed by atoms with E-state index in [0.29, 0.717) is 0 Å². The number of nitrogen functional groups attached to an aromatic ring is 1. The van der Waals surface area contributed by atoms with Gasteiger partial charge in [-0.05, 0) is 24.3 Å². The molecule has 24 heavy (non-hydrogen) atoms. The fourth-order valence-corrected chi connectivity index (χ4v) is 2.22. The second-order valence-electron chi connectivity index (χ2n) is 4.72. The highest BCUT2D eigenvalue weighted by atomic mass is 19.2. The van der Waals surface area contributed by atoms with E-state index >= 15 is 0 Å². The van der Waals surface area contributed by atoms with Crippen LogP contribution in [0, 0.1) is 17.5 Å². The van der Waals surface area contributed by atoms with E-state index in [4.69, 9.17) is 5.84 Å². The van der Waals surface area contributed by atoms with E-state index in [-0.39, 0.29) is 22.6 Å². The van der Waals surface area contributed by atoms with Gasteiger partial charge < -0.3 is 0 Å². The van der Waals surface area contributed by atoms with Gasteiger partial charge in [-0.1, -0.05) is 23.4 Å². The number of hydrazine groups is 1. The van der Waals surface area contributed by atoms with Crippen LogP contribution in [-0.2, 0) is 0 Å². The van der Waals surface area contributed by atoms with Gasteiger partial charge in [0.1, 0.15) is 17.2 Å². The molecule has 9 heteroatoms. The maximum atomic E-state index is 14.2. The van der Waals surface area contributed by atoms with Crippen LogP contribution in [0.1, 0.15) is 10.5 Å². The number of halogens is 3. The highest BCUT2D eigenvalue weighted by Crippen LogP contribution is 2.29. The van der Waals surface area contributed by atoms with Gasteiger partial charge in [-0.15, -0.1) is 5.10 Å². The summed E-state index contributed by atoms with van der Waals surface area (Å²) in [5, 5.41) is 7.30. The first-order chi connectivity index (χ1) is 11.5. The number of para-hydroxylation sites is 1. The molecular formula is C15H10F3N5O. The Labute approximate surface area is 133 Å². The summed E-state index contributed by atoms with van der Waals surface area (Å²) in [7, 11) is 0. The molecule has 122 valence electrons. The molecule has 0 spiro atoms. The number of aromatic nitrogens is 3. The van der Waals surface area contributed by atoms with Gasteiger partial charge in [0.15, 0.2) is 17.3 Å². The second-order valence-corrected chi connectivity index (χ2v) is 4.72. The van der Waals surface area contributed by atoms with Crippen LogP contribution in [-0.4, -0.2) is 20.9 Å². The standard InChI is InChI=1S/C15H10F3N5O/c16-9-5-1-2-7-11(9)23-14(13(21-22-23)15(24)20-19)8-4-3-6-10(17)12(8)18/h1-7H,19H2,(H,20,24). The minimum absolute atomic E-state index is 0.0836. The Balaban J connectivity index is 2.33. The molecule has 0 fully saturated rings. The molecule has 0 aliphatic carbocycles. The van der Waals surface area contributed by atoms with Gasteiger partial charge in [0.2, 0.25) is 0 Å². The maximum absolute atomic E-state index is 14.2. The molecule has 0 saturated heterocycles. The van der Waals surface area contributed by atoms with Crippen molar-refractivity contribution in [3.63, 3.8) is 0 Å². The van der Waals surface area contributed by atoms with E-state index < -0.39 is 23.4 Å². The molecule has 3 N–H and O–H groups in total. The Kier molecular flexibility index (Phi) is 4.00. The molecule has 0 radical (unpaired) electrons. The molecule has 6 nitrogen and oxygen atoms in total. The average molecular weight is 333 g/mol. The Hall–Kier alpha value is -3.20. The topological polar surface area (TPSA) is 85.8 Å². The fraction of sp³-hybridized carbons (Fsp3) is 0. The molecule has 0 bridgehead atoms. The summed E-state index contributed by atoms with van der Waals surface area (Å²) >= 11 is 0. The van der Waals surface area contributed by atoms with Crippen molar-refractivity contribution in [3.8, 4) is 16.9 Å². The molecule has 1 aromatic heterocycles. The van der Waals surface area contributed by atoms with Gasteiger partial charge in [-0.25, -0.2) is 23.7 Å². The lowest BCUT2D eigenvalue weighted by Gasteiger charge is -2.10. The van der Waals surface area contributed by atoms with Gasteiger partial charge in [0.05, 0.1) is 0 Å². The van der Waals surface area contributed by atoms with Crippen LogP contribution in [0.3, 0.4) is 0 Å². The number of nitrogens with one attached hydrogen (secondary N) is 1. The molecule has 0 aliphatic heterocycles. The Morgan fingerprint density at radius 1 is 1.04 bits per heavy atom. The molecule has 3 rings (SSSR count). The lowest BCUT2D eigenvalue weighted by Crippen LogP contribution is -2.30. The number of nitrogens with zero attached hydrogens (tertiary/aromatic N) is 3. The van der Waals surface area contributed by atoms with E-state index in [9.17, 15) is 18.0 Å². The van der Waals surface area contributed by atoms with Gasteiger partial charge in [-0.2, -0.15) is 0 Å². The number of hydrogen-bond donors (Lipinski definition) is 2. The summed E-state index contributed by atoms with van der Waals surface area (Å²) in [5.41, 5.74) is 0.860. The summed E-state index contributed by atoms with van der Waals surface area (Å²) in [6.45, 7) is 0. The van der Waals surface area contributed by atoms with Crippen molar-refractivity contribution >= 4 is 5.91 Å². The third kappa shape index (κ3) is 2.50. The Morgan fingerprint density at radius 2 is 1.75 bits per heavy atom. The zero-order valence-electron chi connectivity index (χ0n) is 12.0. The van der Waals surface area contributed by atoms with Crippen molar-refractivity contribution in [2.75, 3.05) is 0 Å². The fourth-order valence-electron chi connectivity index (χ4n) is 2.22. The highest BCUT2D eigenvalue weighted by Gasteiger charge is 2.25. The third-order valence-corrected chi connectivity index (χ3v) is 3.30. The summed E-state index contributed by atoms with van der Waals surface area (Å²) in [5.74, 6) is 1.17. The van der Waals surface area contributed by atoms with Crippen molar-refractivity contribution in [3.05, 3.63) is 65.6 Å². The first kappa shape index (κ1) is 15.7. The molecule has 1 heterocycles. The lowest BCUT2D eigenvalue weighted by molar-refractivity contribution is 0.0949. The summed E-state index contributed by atoms with van der Waals surface area (Å²) < 4.78 is 42.8. The number of hydrogen-bond acceptors (Lipinski definition) is 4. The predicted octanol–water partition coefficient (Wildman–Crippen LogP) is 1.96. The minimum atomic E-state index is -1.22. The number of carbonyl (C=O) groups is 1.